The topological polar surface area (TPSA) is 32.6 Å². The Labute approximate surface area is 141 Å². The molecule has 0 saturated carbocycles. The first-order valence-electron chi connectivity index (χ1n) is 5.04. The Morgan fingerprint density at radius 3 is 2.44 bits per heavy atom. The van der Waals surface area contributed by atoms with Crippen molar-refractivity contribution < 1.29 is 5.11 Å². The fourth-order valence-electron chi connectivity index (χ4n) is 1.36. The Morgan fingerprint density at radius 1 is 1.11 bits per heavy atom. The summed E-state index contributed by atoms with van der Waals surface area (Å²) in [4.78, 5) is 4.35. The first kappa shape index (κ1) is 14.3. The molecule has 2 aromatic carbocycles. The van der Waals surface area contributed by atoms with Gasteiger partial charge in [0.1, 0.15) is 5.75 Å². The van der Waals surface area contributed by atoms with Gasteiger partial charge in [-0.25, -0.2) is 0 Å². The van der Waals surface area contributed by atoms with E-state index >= 15 is 0 Å². The Balaban J connectivity index is 2.31. The zero-order valence-corrected chi connectivity index (χ0v) is 15.0. The summed E-state index contributed by atoms with van der Waals surface area (Å²) in [6.45, 7) is 0. The minimum Gasteiger partial charge on any atom is -0.506 e. The molecule has 2 nitrogen and oxygen atoms in total. The van der Waals surface area contributed by atoms with Crippen LogP contribution in [0.3, 0.4) is 0 Å². The molecule has 0 spiro atoms. The van der Waals surface area contributed by atoms with Gasteiger partial charge in [0.15, 0.2) is 0 Å². The number of hydrogen-bond acceptors (Lipinski definition) is 2. The monoisotopic (exact) mass is 527 g/mol. The van der Waals surface area contributed by atoms with Crippen LogP contribution in [0.1, 0.15) is 5.56 Å². The highest BCUT2D eigenvalue weighted by molar-refractivity contribution is 14.1. The predicted molar refractivity (Wildman–Crippen MR) is 94.9 cm³/mol. The molecule has 0 aliphatic rings. The Morgan fingerprint density at radius 2 is 1.78 bits per heavy atom. The zero-order chi connectivity index (χ0) is 13.1. The Hall–Kier alpha value is -0.150. The Bertz CT molecular complexity index is 597. The lowest BCUT2D eigenvalue weighted by molar-refractivity contribution is 0.470. The fraction of sp³-hybridized carbons (Fsp3) is 0. The molecule has 0 aromatic heterocycles. The van der Waals surface area contributed by atoms with E-state index in [9.17, 15) is 5.11 Å². The van der Waals surface area contributed by atoms with Crippen molar-refractivity contribution in [2.75, 3.05) is 0 Å². The van der Waals surface area contributed by atoms with E-state index in [1.165, 1.54) is 3.57 Å². The first-order chi connectivity index (χ1) is 8.56. The summed E-state index contributed by atoms with van der Waals surface area (Å²) >= 11 is 7.75. The van der Waals surface area contributed by atoms with Gasteiger partial charge in [-0.05, 0) is 81.6 Å². The summed E-state index contributed by atoms with van der Waals surface area (Å²) in [5.74, 6) is 0.257. The number of rotatable bonds is 2. The molecule has 0 aliphatic heterocycles. The molecular formula is C13H8BrI2NO. The third-order valence-corrected chi connectivity index (χ3v) is 4.24. The molecule has 1 N–H and O–H groups in total. The van der Waals surface area contributed by atoms with Crippen LogP contribution in [-0.2, 0) is 0 Å². The van der Waals surface area contributed by atoms with Crippen molar-refractivity contribution in [3.8, 4) is 5.75 Å². The zero-order valence-electron chi connectivity index (χ0n) is 9.07. The second-order valence-corrected chi connectivity index (χ2v) is 6.88. The lowest BCUT2D eigenvalue weighted by Crippen LogP contribution is -1.86. The molecule has 5 heteroatoms. The van der Waals surface area contributed by atoms with Gasteiger partial charge in [-0.15, -0.1) is 0 Å². The molecule has 0 heterocycles. The summed E-state index contributed by atoms with van der Waals surface area (Å²) in [6.07, 6.45) is 1.67. The van der Waals surface area contributed by atoms with E-state index in [2.05, 4.69) is 66.1 Å². The second-order valence-electron chi connectivity index (χ2n) is 3.56. The van der Waals surface area contributed by atoms with Gasteiger partial charge in [-0.1, -0.05) is 15.9 Å². The van der Waals surface area contributed by atoms with Crippen LogP contribution in [0, 0.1) is 7.14 Å². The molecule has 92 valence electrons. The van der Waals surface area contributed by atoms with Gasteiger partial charge in [0, 0.05) is 19.8 Å². The van der Waals surface area contributed by atoms with Crippen molar-refractivity contribution in [1.82, 2.24) is 0 Å². The molecule has 0 bridgehead atoms. The van der Waals surface area contributed by atoms with Crippen LogP contribution in [-0.4, -0.2) is 11.3 Å². The maximum atomic E-state index is 9.92. The molecule has 2 aromatic rings. The van der Waals surface area contributed by atoms with Gasteiger partial charge in [0.05, 0.1) is 9.26 Å². The van der Waals surface area contributed by atoms with E-state index in [-0.39, 0.29) is 5.75 Å². The van der Waals surface area contributed by atoms with Crippen LogP contribution in [0.15, 0.2) is 45.9 Å². The quantitative estimate of drug-likeness (QED) is 0.427. The summed E-state index contributed by atoms with van der Waals surface area (Å²) in [7, 11) is 0. The minimum atomic E-state index is 0.257. The van der Waals surface area contributed by atoms with Gasteiger partial charge in [-0.3, -0.25) is 4.99 Å². The van der Waals surface area contributed by atoms with Crippen LogP contribution < -0.4 is 0 Å². The molecule has 0 radical (unpaired) electrons. The van der Waals surface area contributed by atoms with E-state index in [1.54, 1.807) is 6.21 Å². The van der Waals surface area contributed by atoms with Crippen molar-refractivity contribution in [2.24, 2.45) is 4.99 Å². The van der Waals surface area contributed by atoms with Gasteiger partial charge in [0.25, 0.3) is 0 Å². The summed E-state index contributed by atoms with van der Waals surface area (Å²) in [6, 6.07) is 11.6. The van der Waals surface area contributed by atoms with Gasteiger partial charge >= 0.3 is 0 Å². The van der Waals surface area contributed by atoms with Gasteiger partial charge in [0.2, 0.25) is 0 Å². The molecule has 0 atom stereocenters. The molecular weight excluding hydrogens is 520 g/mol. The first-order valence-corrected chi connectivity index (χ1v) is 7.99. The average molecular weight is 528 g/mol. The predicted octanol–water partition coefficient (Wildman–Crippen LogP) is 5.11. The molecule has 0 amide bonds. The number of nitrogens with zero attached hydrogens (tertiary/aromatic N) is 1. The number of aliphatic imine (C=N–C) groups is 1. The SMILES string of the molecule is Oc1c(I)cc(Br)cc1C=Nc1ccc(I)cc1. The smallest absolute Gasteiger partial charge is 0.137 e. The molecule has 0 unspecified atom stereocenters. The molecule has 0 saturated heterocycles. The maximum absolute atomic E-state index is 9.92. The van der Waals surface area contributed by atoms with Crippen LogP contribution in [0.2, 0.25) is 0 Å². The second kappa shape index (κ2) is 6.33. The van der Waals surface area contributed by atoms with E-state index in [0.29, 0.717) is 5.56 Å². The average Bonchev–Trinajstić information content (AvgIpc) is 2.34. The normalized spacial score (nSPS) is 11.1. The molecule has 0 fully saturated rings. The van der Waals surface area contributed by atoms with E-state index in [1.807, 2.05) is 36.4 Å². The van der Waals surface area contributed by atoms with Crippen molar-refractivity contribution in [3.05, 3.63) is 53.6 Å². The summed E-state index contributed by atoms with van der Waals surface area (Å²) in [5.41, 5.74) is 1.57. The van der Waals surface area contributed by atoms with Crippen molar-refractivity contribution in [3.63, 3.8) is 0 Å². The highest BCUT2D eigenvalue weighted by Gasteiger charge is 2.05. The largest absolute Gasteiger partial charge is 0.506 e. The number of aromatic hydroxyl groups is 1. The molecule has 2 rings (SSSR count). The molecule has 0 aliphatic carbocycles. The van der Waals surface area contributed by atoms with Crippen molar-refractivity contribution in [1.29, 1.82) is 0 Å². The van der Waals surface area contributed by atoms with Crippen molar-refractivity contribution in [2.45, 2.75) is 0 Å². The van der Waals surface area contributed by atoms with Crippen LogP contribution in [0.5, 0.6) is 5.75 Å². The highest BCUT2D eigenvalue weighted by Crippen LogP contribution is 2.28. The van der Waals surface area contributed by atoms with Crippen LogP contribution in [0.25, 0.3) is 0 Å². The van der Waals surface area contributed by atoms with E-state index in [4.69, 9.17) is 0 Å². The lowest BCUT2D eigenvalue weighted by atomic mass is 10.2. The van der Waals surface area contributed by atoms with Gasteiger partial charge in [-0.2, -0.15) is 0 Å². The summed E-state index contributed by atoms with van der Waals surface area (Å²) < 4.78 is 2.89. The third-order valence-electron chi connectivity index (χ3n) is 2.24. The van der Waals surface area contributed by atoms with Gasteiger partial charge < -0.3 is 5.11 Å². The number of hydrogen-bond donors (Lipinski definition) is 1. The van der Waals surface area contributed by atoms with Crippen LogP contribution >= 0.6 is 61.1 Å². The number of halogens is 3. The van der Waals surface area contributed by atoms with E-state index in [0.717, 1.165) is 13.7 Å². The number of phenols is 1. The summed E-state index contributed by atoms with van der Waals surface area (Å²) in [5, 5.41) is 9.92. The number of phenolic OH excluding ortho intramolecular Hbond substituents is 1. The Kier molecular flexibility index (Phi) is 5.02. The third kappa shape index (κ3) is 3.67. The molecule has 18 heavy (non-hydrogen) atoms. The van der Waals surface area contributed by atoms with Crippen molar-refractivity contribution >= 4 is 73.0 Å². The van der Waals surface area contributed by atoms with E-state index < -0.39 is 0 Å². The minimum absolute atomic E-state index is 0.257. The maximum Gasteiger partial charge on any atom is 0.137 e. The van der Waals surface area contributed by atoms with Crippen LogP contribution in [0.4, 0.5) is 5.69 Å². The number of benzene rings is 2. The standard InChI is InChI=1S/C13H8BrI2NO/c14-9-5-8(13(18)12(16)6-9)7-17-11-3-1-10(15)2-4-11/h1-7,18H. The fourth-order valence-corrected chi connectivity index (χ4v) is 3.27. The lowest BCUT2D eigenvalue weighted by Gasteiger charge is -2.02. The highest BCUT2D eigenvalue weighted by atomic mass is 127.